The van der Waals surface area contributed by atoms with Crippen LogP contribution in [0.15, 0.2) is 30.3 Å². The van der Waals surface area contributed by atoms with E-state index in [1.807, 2.05) is 30.3 Å². The van der Waals surface area contributed by atoms with Crippen LogP contribution in [-0.4, -0.2) is 23.0 Å². The number of carbonyl (C=O) groups is 2. The molecule has 0 aromatic heterocycles. The van der Waals surface area contributed by atoms with E-state index in [-0.39, 0.29) is 30.7 Å². The molecule has 1 aromatic carbocycles. The third-order valence-corrected chi connectivity index (χ3v) is 3.84. The van der Waals surface area contributed by atoms with Crippen LogP contribution >= 0.6 is 0 Å². The van der Waals surface area contributed by atoms with Gasteiger partial charge in [0.05, 0.1) is 6.42 Å². The van der Waals surface area contributed by atoms with Crippen LogP contribution in [0.4, 0.5) is 0 Å². The van der Waals surface area contributed by atoms with E-state index in [4.69, 9.17) is 5.11 Å². The van der Waals surface area contributed by atoms with Crippen LogP contribution in [0.5, 0.6) is 0 Å². The van der Waals surface area contributed by atoms with Crippen LogP contribution in [0, 0.1) is 0 Å². The summed E-state index contributed by atoms with van der Waals surface area (Å²) in [7, 11) is 0. The number of rotatable bonds is 6. The summed E-state index contributed by atoms with van der Waals surface area (Å²) in [5.41, 5.74) is 0.913. The average Bonchev–Trinajstić information content (AvgIpc) is 2.91. The Hall–Kier alpha value is -1.84. The Labute approximate surface area is 119 Å². The van der Waals surface area contributed by atoms with E-state index >= 15 is 0 Å². The predicted octanol–water partition coefficient (Wildman–Crippen LogP) is 2.69. The van der Waals surface area contributed by atoms with Gasteiger partial charge in [-0.05, 0) is 18.4 Å². The van der Waals surface area contributed by atoms with Crippen molar-refractivity contribution in [1.29, 1.82) is 0 Å². The van der Waals surface area contributed by atoms with Gasteiger partial charge in [-0.2, -0.15) is 0 Å². The lowest BCUT2D eigenvalue weighted by Crippen LogP contribution is -2.33. The van der Waals surface area contributed by atoms with Crippen molar-refractivity contribution >= 4 is 11.9 Å². The average molecular weight is 275 g/mol. The molecule has 108 valence electrons. The molecule has 0 heterocycles. The Morgan fingerprint density at radius 2 is 1.80 bits per heavy atom. The first kappa shape index (κ1) is 14.6. The van der Waals surface area contributed by atoms with Crippen LogP contribution in [-0.2, 0) is 9.59 Å². The fraction of sp³-hybridized carbons (Fsp3) is 0.500. The lowest BCUT2D eigenvalue weighted by Gasteiger charge is -2.17. The van der Waals surface area contributed by atoms with Crippen molar-refractivity contribution in [3.8, 4) is 0 Å². The minimum atomic E-state index is -0.868. The van der Waals surface area contributed by atoms with Crippen LogP contribution < -0.4 is 5.32 Å². The molecule has 20 heavy (non-hydrogen) atoms. The third-order valence-electron chi connectivity index (χ3n) is 3.84. The molecule has 0 aliphatic heterocycles. The second-order valence-corrected chi connectivity index (χ2v) is 5.46. The standard InChI is InChI=1S/C16H21NO3/c18-15(17-14-8-4-5-9-14)10-13(11-16(19)20)12-6-2-1-3-7-12/h1-3,6-7,13-14H,4-5,8-11H2,(H,17,18)(H,19,20)/t13-/m1/s1. The van der Waals surface area contributed by atoms with E-state index < -0.39 is 5.97 Å². The Kier molecular flexibility index (Phi) is 5.16. The molecule has 1 aliphatic carbocycles. The van der Waals surface area contributed by atoms with E-state index in [0.29, 0.717) is 0 Å². The largest absolute Gasteiger partial charge is 0.481 e. The minimum absolute atomic E-state index is 0.0118. The highest BCUT2D eigenvalue weighted by atomic mass is 16.4. The zero-order valence-electron chi connectivity index (χ0n) is 11.5. The maximum absolute atomic E-state index is 12.1. The molecule has 0 spiro atoms. The molecule has 1 saturated carbocycles. The van der Waals surface area contributed by atoms with Gasteiger partial charge in [0.15, 0.2) is 0 Å². The normalized spacial score (nSPS) is 16.8. The number of carboxylic acids is 1. The summed E-state index contributed by atoms with van der Waals surface area (Å²) >= 11 is 0. The van der Waals surface area contributed by atoms with E-state index in [0.717, 1.165) is 18.4 Å². The van der Waals surface area contributed by atoms with E-state index in [9.17, 15) is 9.59 Å². The number of aliphatic carboxylic acids is 1. The summed E-state index contributed by atoms with van der Waals surface area (Å²) in [6.45, 7) is 0. The Balaban J connectivity index is 1.96. The lowest BCUT2D eigenvalue weighted by atomic mass is 9.92. The van der Waals surface area contributed by atoms with Crippen molar-refractivity contribution < 1.29 is 14.7 Å². The van der Waals surface area contributed by atoms with Gasteiger partial charge < -0.3 is 10.4 Å². The van der Waals surface area contributed by atoms with Gasteiger partial charge in [0.25, 0.3) is 0 Å². The van der Waals surface area contributed by atoms with Crippen LogP contribution in [0.1, 0.15) is 50.0 Å². The molecular weight excluding hydrogens is 254 g/mol. The first-order chi connectivity index (χ1) is 9.65. The van der Waals surface area contributed by atoms with E-state index in [2.05, 4.69) is 5.32 Å². The number of hydrogen-bond acceptors (Lipinski definition) is 2. The van der Waals surface area contributed by atoms with Crippen molar-refractivity contribution in [2.24, 2.45) is 0 Å². The Morgan fingerprint density at radius 3 is 2.40 bits per heavy atom. The summed E-state index contributed by atoms with van der Waals surface area (Å²) in [5.74, 6) is -1.16. The minimum Gasteiger partial charge on any atom is -0.481 e. The maximum atomic E-state index is 12.1. The molecule has 0 radical (unpaired) electrons. The van der Waals surface area contributed by atoms with Gasteiger partial charge in [0.2, 0.25) is 5.91 Å². The highest BCUT2D eigenvalue weighted by molar-refractivity contribution is 5.78. The number of amides is 1. The van der Waals surface area contributed by atoms with Crippen molar-refractivity contribution in [2.45, 2.75) is 50.5 Å². The molecule has 0 saturated heterocycles. The number of carboxylic acid groups (broad SMARTS) is 1. The molecule has 2 rings (SSSR count). The van der Waals surface area contributed by atoms with Gasteiger partial charge in [-0.1, -0.05) is 43.2 Å². The molecule has 1 aromatic rings. The van der Waals surface area contributed by atoms with Gasteiger partial charge in [0.1, 0.15) is 0 Å². The smallest absolute Gasteiger partial charge is 0.303 e. The van der Waals surface area contributed by atoms with Crippen LogP contribution in [0.3, 0.4) is 0 Å². The zero-order valence-corrected chi connectivity index (χ0v) is 11.5. The van der Waals surface area contributed by atoms with Crippen molar-refractivity contribution in [1.82, 2.24) is 5.32 Å². The highest BCUT2D eigenvalue weighted by Crippen LogP contribution is 2.24. The van der Waals surface area contributed by atoms with Gasteiger partial charge in [-0.15, -0.1) is 0 Å². The quantitative estimate of drug-likeness (QED) is 0.838. The van der Waals surface area contributed by atoms with Gasteiger partial charge in [0, 0.05) is 18.4 Å². The maximum Gasteiger partial charge on any atom is 0.303 e. The first-order valence-electron chi connectivity index (χ1n) is 7.21. The summed E-state index contributed by atoms with van der Waals surface area (Å²) in [4.78, 5) is 23.0. The number of carbonyl (C=O) groups excluding carboxylic acids is 1. The molecular formula is C16H21NO3. The second kappa shape index (κ2) is 7.08. The van der Waals surface area contributed by atoms with Gasteiger partial charge >= 0.3 is 5.97 Å². The molecule has 1 amide bonds. The van der Waals surface area contributed by atoms with Crippen LogP contribution in [0.2, 0.25) is 0 Å². The monoisotopic (exact) mass is 275 g/mol. The molecule has 0 unspecified atom stereocenters. The van der Waals surface area contributed by atoms with Gasteiger partial charge in [-0.3, -0.25) is 9.59 Å². The molecule has 4 nitrogen and oxygen atoms in total. The fourth-order valence-electron chi connectivity index (χ4n) is 2.82. The molecule has 0 bridgehead atoms. The van der Waals surface area contributed by atoms with E-state index in [1.165, 1.54) is 12.8 Å². The fourth-order valence-corrected chi connectivity index (χ4v) is 2.82. The number of hydrogen-bond donors (Lipinski definition) is 2. The molecule has 1 fully saturated rings. The predicted molar refractivity (Wildman–Crippen MR) is 76.5 cm³/mol. The summed E-state index contributed by atoms with van der Waals surface area (Å²) < 4.78 is 0. The first-order valence-corrected chi connectivity index (χ1v) is 7.21. The van der Waals surface area contributed by atoms with Crippen molar-refractivity contribution in [3.05, 3.63) is 35.9 Å². The molecule has 1 aliphatic rings. The Bertz CT molecular complexity index is 452. The molecule has 2 N–H and O–H groups in total. The summed E-state index contributed by atoms with van der Waals surface area (Å²) in [6.07, 6.45) is 4.65. The van der Waals surface area contributed by atoms with E-state index in [1.54, 1.807) is 0 Å². The lowest BCUT2D eigenvalue weighted by molar-refractivity contribution is -0.137. The number of nitrogens with one attached hydrogen (secondary N) is 1. The SMILES string of the molecule is O=C(O)C[C@@H](CC(=O)NC1CCCC1)c1ccccc1. The summed E-state index contributed by atoms with van der Waals surface area (Å²) in [6, 6.07) is 9.69. The van der Waals surface area contributed by atoms with Gasteiger partial charge in [-0.25, -0.2) is 0 Å². The molecule has 1 atom stereocenters. The zero-order chi connectivity index (χ0) is 14.4. The van der Waals surface area contributed by atoms with Crippen molar-refractivity contribution in [3.63, 3.8) is 0 Å². The Morgan fingerprint density at radius 1 is 1.15 bits per heavy atom. The second-order valence-electron chi connectivity index (χ2n) is 5.46. The topological polar surface area (TPSA) is 66.4 Å². The molecule has 4 heteroatoms. The highest BCUT2D eigenvalue weighted by Gasteiger charge is 2.22. The third kappa shape index (κ3) is 4.37. The summed E-state index contributed by atoms with van der Waals surface area (Å²) in [5, 5.41) is 12.0. The number of benzene rings is 1. The van der Waals surface area contributed by atoms with Crippen molar-refractivity contribution in [2.75, 3.05) is 0 Å². The van der Waals surface area contributed by atoms with Crippen LogP contribution in [0.25, 0.3) is 0 Å².